The number of thioether (sulfide) groups is 1. The number of aromatic nitrogens is 6. The van der Waals surface area contributed by atoms with Gasteiger partial charge in [0.05, 0.1) is 11.4 Å². The van der Waals surface area contributed by atoms with E-state index < -0.39 is 0 Å². The molecule has 1 N–H and O–H groups in total. The van der Waals surface area contributed by atoms with Gasteiger partial charge < -0.3 is 5.32 Å². The average Bonchev–Trinajstić information content (AvgIpc) is 3.42. The second-order valence-electron chi connectivity index (χ2n) is 6.17. The minimum Gasteiger partial charge on any atom is -0.346 e. The maximum atomic E-state index is 12.3. The van der Waals surface area contributed by atoms with E-state index in [0.29, 0.717) is 22.5 Å². The van der Waals surface area contributed by atoms with E-state index in [-0.39, 0.29) is 5.91 Å². The summed E-state index contributed by atoms with van der Waals surface area (Å²) in [5.74, 6) is 0.296. The number of hydrogen-bond acceptors (Lipinski definition) is 8. The van der Waals surface area contributed by atoms with Crippen LogP contribution in [0.5, 0.6) is 0 Å². The van der Waals surface area contributed by atoms with Crippen LogP contribution in [0.15, 0.2) is 59.8 Å². The monoisotopic (exact) mass is 423 g/mol. The predicted molar refractivity (Wildman–Crippen MR) is 111 cm³/mol. The number of carbonyl (C=O) groups excluding carboxylic acids is 1. The lowest BCUT2D eigenvalue weighted by molar-refractivity contribution is 0.0950. The van der Waals surface area contributed by atoms with Gasteiger partial charge in [0.15, 0.2) is 0 Å². The Morgan fingerprint density at radius 3 is 2.66 bits per heavy atom. The van der Waals surface area contributed by atoms with E-state index in [1.807, 2.05) is 61.5 Å². The number of carbonyl (C=O) groups is 1. The van der Waals surface area contributed by atoms with Crippen molar-refractivity contribution in [3.8, 4) is 5.69 Å². The van der Waals surface area contributed by atoms with E-state index in [1.54, 1.807) is 4.68 Å². The molecule has 0 aliphatic heterocycles. The molecule has 0 unspecified atom stereocenters. The molecule has 4 aromatic rings. The first kappa shape index (κ1) is 19.2. The summed E-state index contributed by atoms with van der Waals surface area (Å²) in [6, 6.07) is 17.7. The van der Waals surface area contributed by atoms with E-state index in [1.165, 1.54) is 28.7 Å². The standard InChI is InChI=1S/C19H17N7OS2/c1-13-7-9-14(10-8-13)11-20-17(27)18-22-21-16(29-18)12-28-19-23-24-25-26(19)15-5-3-2-4-6-15/h2-10H,11-12H2,1H3,(H,20,27). The van der Waals surface area contributed by atoms with Crippen LogP contribution in [-0.2, 0) is 12.3 Å². The normalized spacial score (nSPS) is 10.8. The molecule has 0 spiro atoms. The Morgan fingerprint density at radius 1 is 1.07 bits per heavy atom. The molecule has 4 rings (SSSR count). The van der Waals surface area contributed by atoms with Crippen LogP contribution in [0.1, 0.15) is 25.9 Å². The van der Waals surface area contributed by atoms with Crippen molar-refractivity contribution in [2.45, 2.75) is 24.4 Å². The summed E-state index contributed by atoms with van der Waals surface area (Å²) in [5.41, 5.74) is 3.11. The first-order valence-corrected chi connectivity index (χ1v) is 10.6. The topological polar surface area (TPSA) is 98.5 Å². The second-order valence-corrected chi connectivity index (χ2v) is 8.17. The molecule has 146 valence electrons. The summed E-state index contributed by atoms with van der Waals surface area (Å²) in [6.07, 6.45) is 0. The third-order valence-corrected chi connectivity index (χ3v) is 6.04. The number of tetrazole rings is 1. The molecule has 0 saturated heterocycles. The number of rotatable bonds is 7. The molecule has 0 aliphatic rings. The Labute approximate surface area is 175 Å². The number of benzene rings is 2. The van der Waals surface area contributed by atoms with Gasteiger partial charge in [-0.25, -0.2) is 0 Å². The molecule has 2 aromatic carbocycles. The van der Waals surface area contributed by atoms with Gasteiger partial charge in [0.1, 0.15) is 5.01 Å². The molecule has 8 nitrogen and oxygen atoms in total. The summed E-state index contributed by atoms with van der Waals surface area (Å²) in [6.45, 7) is 2.48. The number of para-hydroxylation sites is 1. The van der Waals surface area contributed by atoms with E-state index in [9.17, 15) is 4.79 Å². The highest BCUT2D eigenvalue weighted by molar-refractivity contribution is 7.98. The summed E-state index contributed by atoms with van der Waals surface area (Å²) in [7, 11) is 0. The lowest BCUT2D eigenvalue weighted by Crippen LogP contribution is -2.22. The van der Waals surface area contributed by atoms with Crippen LogP contribution < -0.4 is 5.32 Å². The zero-order chi connectivity index (χ0) is 20.1. The van der Waals surface area contributed by atoms with E-state index >= 15 is 0 Å². The summed E-state index contributed by atoms with van der Waals surface area (Å²) < 4.78 is 1.67. The Bertz CT molecular complexity index is 1090. The van der Waals surface area contributed by atoms with Crippen LogP contribution in [0.2, 0.25) is 0 Å². The molecule has 2 aromatic heterocycles. The van der Waals surface area contributed by atoms with Crippen molar-refractivity contribution in [3.05, 3.63) is 75.7 Å². The Hall–Kier alpha value is -3.11. The summed E-state index contributed by atoms with van der Waals surface area (Å²) in [5, 5.41) is 24.6. The zero-order valence-corrected chi connectivity index (χ0v) is 17.2. The number of amides is 1. The van der Waals surface area contributed by atoms with Crippen molar-refractivity contribution in [3.63, 3.8) is 0 Å². The van der Waals surface area contributed by atoms with Gasteiger partial charge in [-0.2, -0.15) is 4.68 Å². The first-order chi connectivity index (χ1) is 14.2. The van der Waals surface area contributed by atoms with E-state index in [2.05, 4.69) is 31.0 Å². The molecule has 1 amide bonds. The highest BCUT2D eigenvalue weighted by Gasteiger charge is 2.15. The molecule has 29 heavy (non-hydrogen) atoms. The number of hydrogen-bond donors (Lipinski definition) is 1. The molecule has 0 radical (unpaired) electrons. The van der Waals surface area contributed by atoms with Gasteiger partial charge in [0.2, 0.25) is 10.2 Å². The van der Waals surface area contributed by atoms with Crippen LogP contribution >= 0.6 is 23.1 Å². The van der Waals surface area contributed by atoms with Crippen LogP contribution in [0.3, 0.4) is 0 Å². The molecule has 0 aliphatic carbocycles. The van der Waals surface area contributed by atoms with Gasteiger partial charge in [-0.3, -0.25) is 4.79 Å². The molecule has 0 atom stereocenters. The Balaban J connectivity index is 1.34. The third-order valence-electron chi connectivity index (χ3n) is 4.00. The van der Waals surface area contributed by atoms with Crippen LogP contribution in [0.25, 0.3) is 5.69 Å². The van der Waals surface area contributed by atoms with Gasteiger partial charge in [-0.15, -0.1) is 15.3 Å². The van der Waals surface area contributed by atoms with Crippen molar-refractivity contribution in [2.75, 3.05) is 0 Å². The van der Waals surface area contributed by atoms with E-state index in [0.717, 1.165) is 16.3 Å². The minimum absolute atomic E-state index is 0.228. The largest absolute Gasteiger partial charge is 0.346 e. The number of aryl methyl sites for hydroxylation is 1. The summed E-state index contributed by atoms with van der Waals surface area (Å²) in [4.78, 5) is 12.3. The molecular formula is C19H17N7OS2. The van der Waals surface area contributed by atoms with Crippen molar-refractivity contribution in [2.24, 2.45) is 0 Å². The van der Waals surface area contributed by atoms with Crippen molar-refractivity contribution in [1.29, 1.82) is 0 Å². The smallest absolute Gasteiger partial charge is 0.282 e. The summed E-state index contributed by atoms with van der Waals surface area (Å²) >= 11 is 2.71. The highest BCUT2D eigenvalue weighted by atomic mass is 32.2. The number of nitrogens with zero attached hydrogens (tertiary/aromatic N) is 6. The molecule has 2 heterocycles. The minimum atomic E-state index is -0.228. The first-order valence-electron chi connectivity index (χ1n) is 8.82. The highest BCUT2D eigenvalue weighted by Crippen LogP contribution is 2.24. The predicted octanol–water partition coefficient (Wildman–Crippen LogP) is 3.04. The van der Waals surface area contributed by atoms with Gasteiger partial charge >= 0.3 is 0 Å². The van der Waals surface area contributed by atoms with Gasteiger partial charge in [-0.05, 0) is 35.0 Å². The molecular weight excluding hydrogens is 406 g/mol. The van der Waals surface area contributed by atoms with Gasteiger partial charge in [0.25, 0.3) is 5.91 Å². The molecule has 10 heteroatoms. The molecule has 0 fully saturated rings. The SMILES string of the molecule is Cc1ccc(CNC(=O)c2nnc(CSc3nnnn3-c3ccccc3)s2)cc1. The van der Waals surface area contributed by atoms with Crippen LogP contribution in [-0.4, -0.2) is 36.3 Å². The Morgan fingerprint density at radius 2 is 1.86 bits per heavy atom. The lowest BCUT2D eigenvalue weighted by Gasteiger charge is -2.03. The maximum Gasteiger partial charge on any atom is 0.282 e. The third kappa shape index (κ3) is 4.84. The lowest BCUT2D eigenvalue weighted by atomic mass is 10.1. The number of nitrogens with one attached hydrogen (secondary N) is 1. The fraction of sp³-hybridized carbons (Fsp3) is 0.158. The van der Waals surface area contributed by atoms with Crippen molar-refractivity contribution >= 4 is 29.0 Å². The average molecular weight is 424 g/mol. The van der Waals surface area contributed by atoms with Crippen LogP contribution in [0.4, 0.5) is 0 Å². The Kier molecular flexibility index (Phi) is 5.92. The van der Waals surface area contributed by atoms with Crippen molar-refractivity contribution < 1.29 is 4.79 Å². The van der Waals surface area contributed by atoms with Crippen LogP contribution in [0, 0.1) is 6.92 Å². The maximum absolute atomic E-state index is 12.3. The van der Waals surface area contributed by atoms with Gasteiger partial charge in [0, 0.05) is 6.54 Å². The van der Waals surface area contributed by atoms with Gasteiger partial charge in [-0.1, -0.05) is 71.1 Å². The van der Waals surface area contributed by atoms with Crippen molar-refractivity contribution in [1.82, 2.24) is 35.7 Å². The fourth-order valence-corrected chi connectivity index (χ4v) is 4.13. The zero-order valence-electron chi connectivity index (χ0n) is 15.5. The fourth-order valence-electron chi connectivity index (χ4n) is 2.49. The van der Waals surface area contributed by atoms with E-state index in [4.69, 9.17) is 0 Å². The molecule has 0 saturated carbocycles. The quantitative estimate of drug-likeness (QED) is 0.456. The second kappa shape index (κ2) is 8.93. The molecule has 0 bridgehead atoms.